The molecule has 8 heteroatoms. The molecule has 3 atom stereocenters. The number of hydrogen-bond acceptors (Lipinski definition) is 7. The van der Waals surface area contributed by atoms with Gasteiger partial charge in [0.15, 0.2) is 17.3 Å². The van der Waals surface area contributed by atoms with E-state index in [1.807, 2.05) is 48.2 Å². The van der Waals surface area contributed by atoms with Crippen molar-refractivity contribution in [2.75, 3.05) is 46.2 Å². The maximum atomic E-state index is 13.6. The van der Waals surface area contributed by atoms with Crippen molar-refractivity contribution in [1.82, 2.24) is 9.80 Å². The lowest BCUT2D eigenvalue weighted by Gasteiger charge is -2.39. The summed E-state index contributed by atoms with van der Waals surface area (Å²) in [4.78, 5) is 17.8. The molecule has 0 spiro atoms. The first-order valence-corrected chi connectivity index (χ1v) is 13.2. The predicted molar refractivity (Wildman–Crippen MR) is 138 cm³/mol. The number of allylic oxidation sites excluding steroid dienone is 1. The highest BCUT2D eigenvalue weighted by molar-refractivity contribution is 5.92. The largest absolute Gasteiger partial charge is 0.459 e. The van der Waals surface area contributed by atoms with E-state index >= 15 is 0 Å². The summed E-state index contributed by atoms with van der Waals surface area (Å²) in [5.41, 5.74) is 2.29. The van der Waals surface area contributed by atoms with Crippen LogP contribution in [0.2, 0.25) is 0 Å². The van der Waals surface area contributed by atoms with Crippen molar-refractivity contribution in [2.45, 2.75) is 38.5 Å². The molecule has 198 valence electrons. The molecule has 2 aromatic carbocycles. The Morgan fingerprint density at radius 2 is 1.84 bits per heavy atom. The van der Waals surface area contributed by atoms with Crippen molar-refractivity contribution >= 4 is 5.91 Å². The first kappa shape index (κ1) is 25.6. The number of carbonyl (C=O) groups is 1. The molecule has 0 aliphatic carbocycles. The zero-order valence-electron chi connectivity index (χ0n) is 21.4. The van der Waals surface area contributed by atoms with Crippen molar-refractivity contribution in [3.63, 3.8) is 0 Å². The van der Waals surface area contributed by atoms with E-state index in [4.69, 9.17) is 18.9 Å². The minimum atomic E-state index is -0.530. The molecule has 2 aromatic rings. The number of aliphatic hydroxyl groups excluding tert-OH is 1. The van der Waals surface area contributed by atoms with Crippen LogP contribution < -0.4 is 9.47 Å². The molecule has 0 radical (unpaired) electrons. The highest BCUT2D eigenvalue weighted by atomic mass is 16.7. The number of piperazine rings is 1. The Kier molecular flexibility index (Phi) is 8.28. The van der Waals surface area contributed by atoms with Gasteiger partial charge in [-0.05, 0) is 49.1 Å². The summed E-state index contributed by atoms with van der Waals surface area (Å²) in [6.45, 7) is 6.43. The van der Waals surface area contributed by atoms with Gasteiger partial charge >= 0.3 is 0 Å². The maximum absolute atomic E-state index is 13.6. The van der Waals surface area contributed by atoms with E-state index in [1.165, 1.54) is 5.56 Å². The van der Waals surface area contributed by atoms with Gasteiger partial charge in [0.25, 0.3) is 5.91 Å². The summed E-state index contributed by atoms with van der Waals surface area (Å²) < 4.78 is 23.1. The quantitative estimate of drug-likeness (QED) is 0.555. The van der Waals surface area contributed by atoms with Crippen molar-refractivity contribution in [1.29, 1.82) is 0 Å². The van der Waals surface area contributed by atoms with Crippen LogP contribution in [-0.2, 0) is 20.8 Å². The Bertz CT molecular complexity index is 1080. The van der Waals surface area contributed by atoms with Crippen LogP contribution in [0.1, 0.15) is 36.8 Å². The third-order valence-corrected chi connectivity index (χ3v) is 7.31. The van der Waals surface area contributed by atoms with Gasteiger partial charge in [-0.25, -0.2) is 0 Å². The molecule has 3 aliphatic heterocycles. The molecule has 3 heterocycles. The highest BCUT2D eigenvalue weighted by Crippen LogP contribution is 2.40. The molecule has 0 aromatic heterocycles. The molecular weight excluding hydrogens is 472 g/mol. The lowest BCUT2D eigenvalue weighted by molar-refractivity contribution is -0.171. The molecule has 5 rings (SSSR count). The first-order chi connectivity index (χ1) is 18.2. The molecule has 0 bridgehead atoms. The number of rotatable bonds is 9. The molecule has 37 heavy (non-hydrogen) atoms. The summed E-state index contributed by atoms with van der Waals surface area (Å²) in [7, 11) is 0. The number of fused-ring (bicyclic) bond motifs is 1. The average molecular weight is 509 g/mol. The van der Waals surface area contributed by atoms with Crippen LogP contribution in [0.4, 0.5) is 0 Å². The van der Waals surface area contributed by atoms with Crippen molar-refractivity contribution in [3.05, 3.63) is 71.5 Å². The second kappa shape index (κ2) is 12.0. The number of nitrogens with zero attached hydrogens (tertiary/aromatic N) is 2. The Labute approximate surface area is 218 Å². The monoisotopic (exact) mass is 508 g/mol. The van der Waals surface area contributed by atoms with Gasteiger partial charge in [0.05, 0.1) is 0 Å². The Morgan fingerprint density at radius 3 is 2.59 bits per heavy atom. The Hall–Kier alpha value is -3.07. The molecule has 8 nitrogen and oxygen atoms in total. The predicted octanol–water partition coefficient (Wildman–Crippen LogP) is 3.51. The van der Waals surface area contributed by atoms with E-state index in [9.17, 15) is 9.90 Å². The van der Waals surface area contributed by atoms with Gasteiger partial charge in [-0.2, -0.15) is 0 Å². The summed E-state index contributed by atoms with van der Waals surface area (Å²) >= 11 is 0. The van der Waals surface area contributed by atoms with Crippen LogP contribution in [0.5, 0.6) is 11.5 Å². The Balaban J connectivity index is 1.26. The molecule has 3 aliphatic rings. The fourth-order valence-electron chi connectivity index (χ4n) is 5.38. The average Bonchev–Trinajstić information content (AvgIpc) is 3.41. The number of hydrogen-bond donors (Lipinski definition) is 1. The second-order valence-electron chi connectivity index (χ2n) is 9.69. The zero-order valence-corrected chi connectivity index (χ0v) is 21.4. The number of benzene rings is 2. The van der Waals surface area contributed by atoms with Gasteiger partial charge in [0, 0.05) is 57.8 Å². The maximum Gasteiger partial charge on any atom is 0.288 e. The molecule has 1 amide bonds. The van der Waals surface area contributed by atoms with Crippen LogP contribution in [0.15, 0.2) is 60.4 Å². The molecule has 0 saturated carbocycles. The van der Waals surface area contributed by atoms with Gasteiger partial charge in [-0.15, -0.1) is 0 Å². The van der Waals surface area contributed by atoms with Gasteiger partial charge in [0.1, 0.15) is 0 Å². The first-order valence-electron chi connectivity index (χ1n) is 13.2. The van der Waals surface area contributed by atoms with E-state index in [0.717, 1.165) is 43.1 Å². The summed E-state index contributed by atoms with van der Waals surface area (Å²) in [6.07, 6.45) is 2.84. The minimum absolute atomic E-state index is 0.0181. The molecular formula is C29H36N2O6. The van der Waals surface area contributed by atoms with Crippen LogP contribution in [-0.4, -0.2) is 73.3 Å². The third kappa shape index (κ3) is 5.92. The smallest absolute Gasteiger partial charge is 0.288 e. The molecule has 0 unspecified atom stereocenters. The fraction of sp³-hybridized carbons (Fsp3) is 0.483. The van der Waals surface area contributed by atoms with Gasteiger partial charge in [-0.1, -0.05) is 36.4 Å². The summed E-state index contributed by atoms with van der Waals surface area (Å²) in [5, 5.41) is 9.46. The van der Waals surface area contributed by atoms with Gasteiger partial charge in [-0.3, -0.25) is 9.69 Å². The Morgan fingerprint density at radius 1 is 1.05 bits per heavy atom. The van der Waals surface area contributed by atoms with Gasteiger partial charge in [0.2, 0.25) is 13.1 Å². The van der Waals surface area contributed by atoms with Crippen LogP contribution in [0.25, 0.3) is 0 Å². The van der Waals surface area contributed by atoms with E-state index in [2.05, 4.69) is 23.1 Å². The second-order valence-corrected chi connectivity index (χ2v) is 9.69. The van der Waals surface area contributed by atoms with E-state index in [0.29, 0.717) is 31.9 Å². The zero-order chi connectivity index (χ0) is 25.6. The van der Waals surface area contributed by atoms with Crippen molar-refractivity contribution in [3.8, 4) is 11.5 Å². The molecule has 1 saturated heterocycles. The van der Waals surface area contributed by atoms with E-state index < -0.39 is 6.29 Å². The van der Waals surface area contributed by atoms with E-state index in [1.54, 1.807) is 0 Å². The lowest BCUT2D eigenvalue weighted by atomic mass is 9.80. The molecule has 1 fully saturated rings. The van der Waals surface area contributed by atoms with Crippen LogP contribution in [0, 0.1) is 5.92 Å². The van der Waals surface area contributed by atoms with Crippen molar-refractivity contribution in [2.24, 2.45) is 5.92 Å². The number of carbonyl (C=O) groups excluding carboxylic acids is 1. The minimum Gasteiger partial charge on any atom is -0.459 e. The standard InChI is InChI=1S/C29H36N2O6/c1-2-34-29-23(9-6-16-32)24(22-7-4-3-5-8-22)18-27(37-29)28(33)31-14-12-30(13-15-31)19-21-10-11-25-26(17-21)36-20-35-25/h3-5,7-8,10-11,17-18,23-24,29,32H,2,6,9,12-16,19-20H2,1H3/t23-,24-,29-/m0/s1. The highest BCUT2D eigenvalue weighted by Gasteiger charge is 2.39. The summed E-state index contributed by atoms with van der Waals surface area (Å²) in [6, 6.07) is 16.2. The number of ether oxygens (including phenoxy) is 4. The van der Waals surface area contributed by atoms with Crippen LogP contribution in [0.3, 0.4) is 0 Å². The van der Waals surface area contributed by atoms with E-state index in [-0.39, 0.29) is 31.1 Å². The third-order valence-electron chi connectivity index (χ3n) is 7.31. The normalized spacial score (nSPS) is 23.5. The van der Waals surface area contributed by atoms with Crippen molar-refractivity contribution < 1.29 is 28.8 Å². The fourth-order valence-corrected chi connectivity index (χ4v) is 5.38. The van der Waals surface area contributed by atoms with Gasteiger partial charge < -0.3 is 29.0 Å². The van der Waals surface area contributed by atoms with Crippen LogP contribution >= 0.6 is 0 Å². The number of amides is 1. The summed E-state index contributed by atoms with van der Waals surface area (Å²) in [5.74, 6) is 1.85. The topological polar surface area (TPSA) is 80.7 Å². The molecule has 1 N–H and O–H groups in total. The SMILES string of the molecule is CCO[C@H]1OC(C(=O)N2CCN(Cc3ccc4c(c3)OCO4)CC2)=C[C@@H](c2ccccc2)[C@@H]1CCCO. The number of aliphatic hydroxyl groups is 1. The lowest BCUT2D eigenvalue weighted by Crippen LogP contribution is -2.49.